The maximum Gasteiger partial charge on any atom is 0.286 e. The van der Waals surface area contributed by atoms with Gasteiger partial charge in [0.2, 0.25) is 5.91 Å². The summed E-state index contributed by atoms with van der Waals surface area (Å²) in [5.74, 6) is -0.168. The van der Waals surface area contributed by atoms with Crippen molar-refractivity contribution >= 4 is 11.8 Å². The van der Waals surface area contributed by atoms with Gasteiger partial charge in [0.15, 0.2) is 5.76 Å². The molecule has 1 aliphatic heterocycles. The van der Waals surface area contributed by atoms with Crippen LogP contribution in [0.2, 0.25) is 0 Å². The molecule has 98 valence electrons. The first-order valence-electron chi connectivity index (χ1n) is 6.02. The molecular weight excluding hydrogens is 236 g/mol. The second-order valence-corrected chi connectivity index (χ2v) is 4.02. The molecule has 2 amide bonds. The number of nitrogens with one attached hydrogen (secondary N) is 1. The summed E-state index contributed by atoms with van der Waals surface area (Å²) in [5, 5.41) is 4.00. The van der Waals surface area contributed by atoms with E-state index >= 15 is 0 Å². The summed E-state index contributed by atoms with van der Waals surface area (Å²) in [6.07, 6.45) is 3.61. The number of rotatable bonds is 4. The number of carbonyl (C=O) groups is 2. The number of hydrogen-bond donors (Lipinski definition) is 1. The molecule has 0 aliphatic carbocycles. The molecular formula is C12H16N2O4. The highest BCUT2D eigenvalue weighted by Gasteiger charge is 2.17. The van der Waals surface area contributed by atoms with Crippen LogP contribution in [0.3, 0.4) is 0 Å². The molecule has 1 aromatic rings. The average molecular weight is 252 g/mol. The maximum atomic E-state index is 11.7. The van der Waals surface area contributed by atoms with Crippen LogP contribution in [0.4, 0.5) is 0 Å². The SMILES string of the molecule is O=C(NCCC(=O)N1CCCCO1)c1ccco1. The normalized spacial score (nSPS) is 15.4. The quantitative estimate of drug-likeness (QED) is 0.866. The van der Waals surface area contributed by atoms with Crippen molar-refractivity contribution in [3.8, 4) is 0 Å². The molecule has 0 bridgehead atoms. The van der Waals surface area contributed by atoms with Gasteiger partial charge < -0.3 is 9.73 Å². The fraction of sp³-hybridized carbons (Fsp3) is 0.500. The summed E-state index contributed by atoms with van der Waals surface area (Å²) in [7, 11) is 0. The third kappa shape index (κ3) is 3.33. The smallest absolute Gasteiger partial charge is 0.286 e. The summed E-state index contributed by atoms with van der Waals surface area (Å²) < 4.78 is 4.94. The summed E-state index contributed by atoms with van der Waals surface area (Å²) in [6.45, 7) is 1.49. The lowest BCUT2D eigenvalue weighted by Crippen LogP contribution is -2.37. The fourth-order valence-electron chi connectivity index (χ4n) is 1.70. The van der Waals surface area contributed by atoms with Crippen molar-refractivity contribution in [3.05, 3.63) is 24.2 Å². The van der Waals surface area contributed by atoms with Crippen LogP contribution in [-0.4, -0.2) is 36.6 Å². The van der Waals surface area contributed by atoms with Gasteiger partial charge in [0.05, 0.1) is 12.9 Å². The molecule has 6 heteroatoms. The topological polar surface area (TPSA) is 71.8 Å². The molecule has 0 radical (unpaired) electrons. The van der Waals surface area contributed by atoms with Crippen LogP contribution in [0.15, 0.2) is 22.8 Å². The lowest BCUT2D eigenvalue weighted by atomic mass is 10.3. The predicted molar refractivity (Wildman–Crippen MR) is 62.6 cm³/mol. The first-order valence-corrected chi connectivity index (χ1v) is 6.02. The minimum Gasteiger partial charge on any atom is -0.459 e. The van der Waals surface area contributed by atoms with Crippen molar-refractivity contribution < 1.29 is 18.8 Å². The van der Waals surface area contributed by atoms with E-state index in [4.69, 9.17) is 9.25 Å². The Hall–Kier alpha value is -1.82. The number of amides is 2. The first-order chi connectivity index (χ1) is 8.77. The number of nitrogens with zero attached hydrogens (tertiary/aromatic N) is 1. The molecule has 1 aliphatic rings. The first kappa shape index (κ1) is 12.6. The Labute approximate surface area is 105 Å². The van der Waals surface area contributed by atoms with Crippen molar-refractivity contribution in [1.82, 2.24) is 10.4 Å². The second-order valence-electron chi connectivity index (χ2n) is 4.02. The van der Waals surface area contributed by atoms with Gasteiger partial charge in [0.1, 0.15) is 0 Å². The molecule has 1 N–H and O–H groups in total. The number of furan rings is 1. The van der Waals surface area contributed by atoms with Crippen molar-refractivity contribution in [2.45, 2.75) is 19.3 Å². The largest absolute Gasteiger partial charge is 0.459 e. The molecule has 2 rings (SSSR count). The zero-order chi connectivity index (χ0) is 12.8. The lowest BCUT2D eigenvalue weighted by molar-refractivity contribution is -0.196. The average Bonchev–Trinajstić information content (AvgIpc) is 2.93. The lowest BCUT2D eigenvalue weighted by Gasteiger charge is -2.25. The van der Waals surface area contributed by atoms with Gasteiger partial charge in [0, 0.05) is 19.5 Å². The Morgan fingerprint density at radius 2 is 2.28 bits per heavy atom. The predicted octanol–water partition coefficient (Wildman–Crippen LogP) is 0.953. The zero-order valence-electron chi connectivity index (χ0n) is 10.1. The van der Waals surface area contributed by atoms with Gasteiger partial charge in [-0.2, -0.15) is 0 Å². The van der Waals surface area contributed by atoms with E-state index in [0.717, 1.165) is 12.8 Å². The Morgan fingerprint density at radius 3 is 2.94 bits per heavy atom. The van der Waals surface area contributed by atoms with Gasteiger partial charge in [-0.1, -0.05) is 0 Å². The number of carbonyl (C=O) groups excluding carboxylic acids is 2. The molecule has 0 aromatic carbocycles. The van der Waals surface area contributed by atoms with Crippen LogP contribution in [0, 0.1) is 0 Å². The minimum atomic E-state index is -0.313. The third-order valence-corrected chi connectivity index (χ3v) is 2.65. The summed E-state index contributed by atoms with van der Waals surface area (Å²) in [6, 6.07) is 3.21. The van der Waals surface area contributed by atoms with Crippen molar-refractivity contribution in [2.75, 3.05) is 19.7 Å². The summed E-state index contributed by atoms with van der Waals surface area (Å²) in [4.78, 5) is 28.4. The van der Waals surface area contributed by atoms with E-state index in [0.29, 0.717) is 13.2 Å². The van der Waals surface area contributed by atoms with E-state index in [1.54, 1.807) is 12.1 Å². The Balaban J connectivity index is 1.68. The number of hydrogen-bond acceptors (Lipinski definition) is 4. The minimum absolute atomic E-state index is 0.102. The molecule has 1 aromatic heterocycles. The van der Waals surface area contributed by atoms with Crippen LogP contribution in [0.5, 0.6) is 0 Å². The van der Waals surface area contributed by atoms with Gasteiger partial charge >= 0.3 is 0 Å². The Morgan fingerprint density at radius 1 is 1.39 bits per heavy atom. The molecule has 18 heavy (non-hydrogen) atoms. The molecule has 1 fully saturated rings. The van der Waals surface area contributed by atoms with Crippen molar-refractivity contribution in [1.29, 1.82) is 0 Å². The van der Waals surface area contributed by atoms with E-state index in [9.17, 15) is 9.59 Å². The zero-order valence-corrected chi connectivity index (χ0v) is 10.1. The number of hydroxylamine groups is 2. The Bertz CT molecular complexity index is 396. The van der Waals surface area contributed by atoms with E-state index in [2.05, 4.69) is 5.32 Å². The molecule has 2 heterocycles. The van der Waals surface area contributed by atoms with E-state index < -0.39 is 0 Å². The van der Waals surface area contributed by atoms with Crippen LogP contribution in [0.25, 0.3) is 0 Å². The standard InChI is InChI=1S/C12H16N2O4/c15-11(14-7-1-2-9-18-14)5-6-13-12(16)10-4-3-8-17-10/h3-4,8H,1-2,5-7,9H2,(H,13,16). The molecule has 0 spiro atoms. The van der Waals surface area contributed by atoms with Crippen molar-refractivity contribution in [2.24, 2.45) is 0 Å². The van der Waals surface area contributed by atoms with E-state index in [-0.39, 0.29) is 30.5 Å². The van der Waals surface area contributed by atoms with Crippen LogP contribution in [0.1, 0.15) is 29.8 Å². The third-order valence-electron chi connectivity index (χ3n) is 2.65. The Kier molecular flexibility index (Phi) is 4.35. The van der Waals surface area contributed by atoms with Gasteiger partial charge in [-0.25, -0.2) is 5.06 Å². The molecule has 6 nitrogen and oxygen atoms in total. The van der Waals surface area contributed by atoms with E-state index in [1.807, 2.05) is 0 Å². The fourth-order valence-corrected chi connectivity index (χ4v) is 1.70. The van der Waals surface area contributed by atoms with Crippen LogP contribution < -0.4 is 5.32 Å². The van der Waals surface area contributed by atoms with Gasteiger partial charge in [-0.05, 0) is 25.0 Å². The van der Waals surface area contributed by atoms with Gasteiger partial charge in [-0.3, -0.25) is 14.4 Å². The molecule has 1 saturated heterocycles. The van der Waals surface area contributed by atoms with E-state index in [1.165, 1.54) is 11.3 Å². The second kappa shape index (κ2) is 6.20. The highest BCUT2D eigenvalue weighted by Crippen LogP contribution is 2.07. The highest BCUT2D eigenvalue weighted by molar-refractivity contribution is 5.91. The van der Waals surface area contributed by atoms with Crippen LogP contribution >= 0.6 is 0 Å². The molecule has 0 atom stereocenters. The van der Waals surface area contributed by atoms with Gasteiger partial charge in [0.25, 0.3) is 5.91 Å². The van der Waals surface area contributed by atoms with Crippen LogP contribution in [-0.2, 0) is 9.63 Å². The summed E-state index contributed by atoms with van der Waals surface area (Å²) in [5.41, 5.74) is 0. The molecule has 0 saturated carbocycles. The summed E-state index contributed by atoms with van der Waals surface area (Å²) >= 11 is 0. The maximum absolute atomic E-state index is 11.7. The van der Waals surface area contributed by atoms with Gasteiger partial charge in [-0.15, -0.1) is 0 Å². The van der Waals surface area contributed by atoms with Crippen molar-refractivity contribution in [3.63, 3.8) is 0 Å². The highest BCUT2D eigenvalue weighted by atomic mass is 16.7. The molecule has 0 unspecified atom stereocenters. The monoisotopic (exact) mass is 252 g/mol.